The van der Waals surface area contributed by atoms with E-state index in [9.17, 15) is 8.78 Å². The number of hydrogen-bond donors (Lipinski definition) is 0. The molecule has 0 atom stereocenters. The molecule has 0 radical (unpaired) electrons. The summed E-state index contributed by atoms with van der Waals surface area (Å²) in [5.74, 6) is 4.57. The fourth-order valence-electron chi connectivity index (χ4n) is 2.93. The molecule has 3 rings (SSSR count). The average molecular weight is 372 g/mol. The number of halogens is 2. The fraction of sp³-hybridized carbons (Fsp3) is 0.154. The molecule has 0 spiro atoms. The molecule has 0 aliphatic heterocycles. The Morgan fingerprint density at radius 3 is 1.82 bits per heavy atom. The van der Waals surface area contributed by atoms with Gasteiger partial charge in [0.15, 0.2) is 11.7 Å². The standard InChI is InChI=1S/C26H22F2/c1-4-21-17-19(3)7-11-22(21)14-8-20-9-15-24(16-10-20)26(28)25(27)23-12-5-18(2)6-13-23/h5-7,9-13,15-17H,4H2,1-3H3/b26-25+. The smallest absolute Gasteiger partial charge is 0.166 e. The van der Waals surface area contributed by atoms with Crippen molar-refractivity contribution in [3.63, 3.8) is 0 Å². The Labute approximate surface area is 165 Å². The van der Waals surface area contributed by atoms with Crippen molar-refractivity contribution in [2.45, 2.75) is 27.2 Å². The van der Waals surface area contributed by atoms with Crippen LogP contribution in [0.15, 0.2) is 66.7 Å². The van der Waals surface area contributed by atoms with Crippen LogP contribution in [0.1, 0.15) is 45.9 Å². The molecule has 28 heavy (non-hydrogen) atoms. The maximum Gasteiger partial charge on any atom is 0.166 e. The predicted octanol–water partition coefficient (Wildman–Crippen LogP) is 7.03. The van der Waals surface area contributed by atoms with Crippen molar-refractivity contribution in [3.8, 4) is 11.8 Å². The maximum atomic E-state index is 14.5. The summed E-state index contributed by atoms with van der Waals surface area (Å²) in [5, 5.41) is 0. The first kappa shape index (κ1) is 19.6. The molecule has 0 aliphatic rings. The van der Waals surface area contributed by atoms with Gasteiger partial charge in [-0.05, 0) is 44.0 Å². The summed E-state index contributed by atoms with van der Waals surface area (Å²) in [6.45, 7) is 6.07. The average Bonchev–Trinajstić information content (AvgIpc) is 2.72. The molecule has 0 N–H and O–H groups in total. The van der Waals surface area contributed by atoms with Crippen molar-refractivity contribution in [3.05, 3.63) is 106 Å². The van der Waals surface area contributed by atoms with Crippen molar-refractivity contribution >= 4 is 11.7 Å². The topological polar surface area (TPSA) is 0 Å². The molecule has 0 heterocycles. The van der Waals surface area contributed by atoms with Crippen molar-refractivity contribution < 1.29 is 8.78 Å². The van der Waals surface area contributed by atoms with Crippen molar-refractivity contribution in [1.82, 2.24) is 0 Å². The van der Waals surface area contributed by atoms with Crippen molar-refractivity contribution in [1.29, 1.82) is 0 Å². The molecule has 140 valence electrons. The van der Waals surface area contributed by atoms with E-state index in [1.165, 1.54) is 11.1 Å². The zero-order valence-electron chi connectivity index (χ0n) is 16.3. The Kier molecular flexibility index (Phi) is 6.06. The van der Waals surface area contributed by atoms with Gasteiger partial charge < -0.3 is 0 Å². The molecule has 3 aromatic rings. The van der Waals surface area contributed by atoms with Crippen LogP contribution in [0.2, 0.25) is 0 Å². The van der Waals surface area contributed by atoms with E-state index in [2.05, 4.69) is 31.8 Å². The van der Waals surface area contributed by atoms with Crippen molar-refractivity contribution in [2.75, 3.05) is 0 Å². The Hall–Kier alpha value is -3.18. The summed E-state index contributed by atoms with van der Waals surface area (Å²) in [6.07, 6.45) is 0.916. The van der Waals surface area contributed by atoms with Gasteiger partial charge >= 0.3 is 0 Å². The lowest BCUT2D eigenvalue weighted by atomic mass is 10.0. The van der Waals surface area contributed by atoms with Crippen LogP contribution in [-0.2, 0) is 6.42 Å². The molecule has 0 aliphatic carbocycles. The molecule has 2 heteroatoms. The summed E-state index contributed by atoms with van der Waals surface area (Å²) in [6, 6.07) is 19.4. The Bertz CT molecular complexity index is 1060. The van der Waals surface area contributed by atoms with Gasteiger partial charge in [0.2, 0.25) is 0 Å². The lowest BCUT2D eigenvalue weighted by Crippen LogP contribution is -1.89. The van der Waals surface area contributed by atoms with Gasteiger partial charge in [0.1, 0.15) is 0 Å². The Balaban J connectivity index is 1.84. The molecule has 0 nitrogen and oxygen atoms in total. The van der Waals surface area contributed by atoms with E-state index in [0.29, 0.717) is 0 Å². The van der Waals surface area contributed by atoms with E-state index in [4.69, 9.17) is 0 Å². The summed E-state index contributed by atoms with van der Waals surface area (Å²) in [7, 11) is 0. The Morgan fingerprint density at radius 1 is 0.714 bits per heavy atom. The minimum absolute atomic E-state index is 0.202. The second-order valence-electron chi connectivity index (χ2n) is 6.84. The number of benzene rings is 3. The molecule has 0 saturated heterocycles. The van der Waals surface area contributed by atoms with E-state index in [-0.39, 0.29) is 11.1 Å². The number of hydrogen-bond acceptors (Lipinski definition) is 0. The quantitative estimate of drug-likeness (QED) is 0.342. The van der Waals surface area contributed by atoms with Gasteiger partial charge in [-0.2, -0.15) is 0 Å². The van der Waals surface area contributed by atoms with Gasteiger partial charge in [0, 0.05) is 22.3 Å². The van der Waals surface area contributed by atoms with Crippen LogP contribution in [0.3, 0.4) is 0 Å². The highest BCUT2D eigenvalue weighted by molar-refractivity contribution is 5.83. The van der Waals surface area contributed by atoms with Crippen LogP contribution >= 0.6 is 0 Å². The van der Waals surface area contributed by atoms with Crippen LogP contribution in [0.5, 0.6) is 0 Å². The molecule has 0 saturated carbocycles. The zero-order valence-corrected chi connectivity index (χ0v) is 16.3. The summed E-state index contributed by atoms with van der Waals surface area (Å²) in [4.78, 5) is 0. The molecule has 0 aromatic heterocycles. The third kappa shape index (κ3) is 4.56. The second kappa shape index (κ2) is 8.67. The van der Waals surface area contributed by atoms with Gasteiger partial charge in [-0.3, -0.25) is 0 Å². The first-order valence-electron chi connectivity index (χ1n) is 9.32. The molecule has 0 fully saturated rings. The molecule has 0 unspecified atom stereocenters. The summed E-state index contributed by atoms with van der Waals surface area (Å²) < 4.78 is 28.9. The highest BCUT2D eigenvalue weighted by Gasteiger charge is 2.11. The third-order valence-corrected chi connectivity index (χ3v) is 4.62. The number of rotatable bonds is 3. The van der Waals surface area contributed by atoms with Gasteiger partial charge in [0.25, 0.3) is 0 Å². The van der Waals surface area contributed by atoms with Gasteiger partial charge in [-0.15, -0.1) is 0 Å². The van der Waals surface area contributed by atoms with Crippen LogP contribution < -0.4 is 0 Å². The minimum atomic E-state index is -0.866. The summed E-state index contributed by atoms with van der Waals surface area (Å²) in [5.41, 5.74) is 5.61. The highest BCUT2D eigenvalue weighted by Crippen LogP contribution is 2.29. The predicted molar refractivity (Wildman–Crippen MR) is 113 cm³/mol. The number of aryl methyl sites for hydroxylation is 3. The highest BCUT2D eigenvalue weighted by atomic mass is 19.2. The molecule has 3 aromatic carbocycles. The lowest BCUT2D eigenvalue weighted by molar-refractivity contribution is 0.700. The van der Waals surface area contributed by atoms with Crippen LogP contribution in [0, 0.1) is 25.7 Å². The van der Waals surface area contributed by atoms with Crippen LogP contribution in [-0.4, -0.2) is 0 Å². The van der Waals surface area contributed by atoms with E-state index >= 15 is 0 Å². The first-order chi connectivity index (χ1) is 13.5. The van der Waals surface area contributed by atoms with E-state index in [1.807, 2.05) is 19.1 Å². The van der Waals surface area contributed by atoms with E-state index in [0.717, 1.165) is 23.1 Å². The van der Waals surface area contributed by atoms with Gasteiger partial charge in [-0.25, -0.2) is 8.78 Å². The lowest BCUT2D eigenvalue weighted by Gasteiger charge is -2.04. The zero-order chi connectivity index (χ0) is 20.1. The maximum absolute atomic E-state index is 14.5. The molecule has 0 bridgehead atoms. The largest absolute Gasteiger partial charge is 0.203 e. The monoisotopic (exact) mass is 372 g/mol. The minimum Gasteiger partial charge on any atom is -0.203 e. The third-order valence-electron chi connectivity index (χ3n) is 4.62. The fourth-order valence-corrected chi connectivity index (χ4v) is 2.93. The van der Waals surface area contributed by atoms with Crippen molar-refractivity contribution in [2.24, 2.45) is 0 Å². The van der Waals surface area contributed by atoms with E-state index in [1.54, 1.807) is 48.5 Å². The van der Waals surface area contributed by atoms with E-state index < -0.39 is 11.7 Å². The Morgan fingerprint density at radius 2 is 1.25 bits per heavy atom. The van der Waals surface area contributed by atoms with Gasteiger partial charge in [0.05, 0.1) is 0 Å². The second-order valence-corrected chi connectivity index (χ2v) is 6.84. The SMILES string of the molecule is CCc1cc(C)ccc1C#Cc1ccc(/C(F)=C(\F)c2ccc(C)cc2)cc1. The van der Waals surface area contributed by atoms with Gasteiger partial charge in [-0.1, -0.05) is 78.4 Å². The first-order valence-corrected chi connectivity index (χ1v) is 9.32. The van der Waals surface area contributed by atoms with Crippen LogP contribution in [0.25, 0.3) is 11.7 Å². The normalized spacial score (nSPS) is 11.5. The summed E-state index contributed by atoms with van der Waals surface area (Å²) >= 11 is 0. The molecular formula is C26H22F2. The van der Waals surface area contributed by atoms with Crippen LogP contribution in [0.4, 0.5) is 8.78 Å². The molecular weight excluding hydrogens is 350 g/mol. The molecule has 0 amide bonds.